The van der Waals surface area contributed by atoms with Gasteiger partial charge in [-0.05, 0) is 42.8 Å². The standard InChI is InChI=1S/C14H13NO3S2/c1-9-3-5-11-13(7-9)19-14-8-10(20(16,17)18)4-6-12(14)15(11)2/h3-8H,1-2H3,(H,16,17,18). The first-order chi connectivity index (χ1) is 9.36. The van der Waals surface area contributed by atoms with Crippen LogP contribution in [0, 0.1) is 6.92 Å². The van der Waals surface area contributed by atoms with E-state index in [0.717, 1.165) is 26.7 Å². The van der Waals surface area contributed by atoms with Gasteiger partial charge in [0, 0.05) is 16.8 Å². The average molecular weight is 307 g/mol. The molecule has 2 aromatic rings. The van der Waals surface area contributed by atoms with Gasteiger partial charge in [-0.3, -0.25) is 4.55 Å². The quantitative estimate of drug-likeness (QED) is 0.817. The Hall–Kier alpha value is -1.50. The highest BCUT2D eigenvalue weighted by atomic mass is 32.2. The molecule has 6 heteroatoms. The molecule has 0 bridgehead atoms. The molecule has 1 heterocycles. The summed E-state index contributed by atoms with van der Waals surface area (Å²) >= 11 is 1.51. The van der Waals surface area contributed by atoms with E-state index in [1.165, 1.54) is 23.9 Å². The van der Waals surface area contributed by atoms with Gasteiger partial charge in [0.15, 0.2) is 0 Å². The lowest BCUT2D eigenvalue weighted by molar-refractivity contribution is 0.483. The molecule has 3 rings (SSSR count). The fourth-order valence-electron chi connectivity index (χ4n) is 2.24. The fraction of sp³-hybridized carbons (Fsp3) is 0.143. The SMILES string of the molecule is Cc1ccc2c(c1)Sc1cc(S(=O)(=O)O)ccc1N2C. The maximum atomic E-state index is 11.2. The number of aryl methyl sites for hydroxylation is 1. The number of fused-ring (bicyclic) bond motifs is 2. The Morgan fingerprint density at radius 2 is 1.65 bits per heavy atom. The molecule has 0 amide bonds. The fourth-order valence-corrected chi connectivity index (χ4v) is 4.11. The van der Waals surface area contributed by atoms with Crippen molar-refractivity contribution in [2.24, 2.45) is 0 Å². The Kier molecular flexibility index (Phi) is 3.04. The van der Waals surface area contributed by atoms with Crippen molar-refractivity contribution in [3.63, 3.8) is 0 Å². The first-order valence-corrected chi connectivity index (χ1v) is 8.26. The Labute approximate surface area is 122 Å². The largest absolute Gasteiger partial charge is 0.343 e. The van der Waals surface area contributed by atoms with E-state index in [1.807, 2.05) is 24.9 Å². The molecule has 0 aromatic heterocycles. The van der Waals surface area contributed by atoms with E-state index in [2.05, 4.69) is 12.1 Å². The number of anilines is 2. The molecule has 0 spiro atoms. The van der Waals surface area contributed by atoms with E-state index in [9.17, 15) is 8.42 Å². The molecular formula is C14H13NO3S2. The van der Waals surface area contributed by atoms with Crippen molar-refractivity contribution >= 4 is 33.3 Å². The van der Waals surface area contributed by atoms with Crippen LogP contribution >= 0.6 is 11.8 Å². The second kappa shape index (κ2) is 4.51. The second-order valence-electron chi connectivity index (χ2n) is 4.74. The van der Waals surface area contributed by atoms with Crippen molar-refractivity contribution < 1.29 is 13.0 Å². The van der Waals surface area contributed by atoms with Gasteiger partial charge in [-0.1, -0.05) is 17.8 Å². The number of nitrogens with zero attached hydrogens (tertiary/aromatic N) is 1. The first-order valence-electron chi connectivity index (χ1n) is 6.00. The van der Waals surface area contributed by atoms with Crippen molar-refractivity contribution in [2.45, 2.75) is 21.6 Å². The Balaban J connectivity index is 2.15. The van der Waals surface area contributed by atoms with Gasteiger partial charge in [0.25, 0.3) is 10.1 Å². The zero-order valence-electron chi connectivity index (χ0n) is 11.0. The zero-order valence-corrected chi connectivity index (χ0v) is 12.6. The van der Waals surface area contributed by atoms with Crippen molar-refractivity contribution in [3.8, 4) is 0 Å². The molecule has 1 N–H and O–H groups in total. The number of hydrogen-bond donors (Lipinski definition) is 1. The van der Waals surface area contributed by atoms with Gasteiger partial charge in [0.1, 0.15) is 0 Å². The van der Waals surface area contributed by atoms with Gasteiger partial charge in [0.2, 0.25) is 0 Å². The van der Waals surface area contributed by atoms with Crippen molar-refractivity contribution in [3.05, 3.63) is 42.0 Å². The lowest BCUT2D eigenvalue weighted by atomic mass is 10.2. The van der Waals surface area contributed by atoms with Crippen LogP contribution in [0.15, 0.2) is 51.1 Å². The highest BCUT2D eigenvalue weighted by Gasteiger charge is 2.22. The third-order valence-corrected chi connectivity index (χ3v) is 5.23. The normalized spacial score (nSPS) is 13.8. The van der Waals surface area contributed by atoms with Gasteiger partial charge >= 0.3 is 0 Å². The molecule has 2 aromatic carbocycles. The number of benzene rings is 2. The van der Waals surface area contributed by atoms with Crippen LogP contribution in [0.4, 0.5) is 11.4 Å². The van der Waals surface area contributed by atoms with E-state index in [1.54, 1.807) is 6.07 Å². The molecule has 104 valence electrons. The summed E-state index contributed by atoms with van der Waals surface area (Å²) in [5.74, 6) is 0. The smallest absolute Gasteiger partial charge is 0.294 e. The van der Waals surface area contributed by atoms with Gasteiger partial charge in [-0.2, -0.15) is 8.42 Å². The lowest BCUT2D eigenvalue weighted by Gasteiger charge is -2.29. The zero-order chi connectivity index (χ0) is 14.5. The molecule has 0 aliphatic carbocycles. The summed E-state index contributed by atoms with van der Waals surface area (Å²) in [6, 6.07) is 10.8. The third kappa shape index (κ3) is 2.19. The van der Waals surface area contributed by atoms with E-state index < -0.39 is 10.1 Å². The summed E-state index contributed by atoms with van der Waals surface area (Å²) in [5, 5.41) is 0. The van der Waals surface area contributed by atoms with Crippen LogP contribution in [-0.2, 0) is 10.1 Å². The first kappa shape index (κ1) is 13.5. The van der Waals surface area contributed by atoms with E-state index in [4.69, 9.17) is 4.55 Å². The van der Waals surface area contributed by atoms with Crippen LogP contribution in [0.2, 0.25) is 0 Å². The Morgan fingerprint density at radius 1 is 1.05 bits per heavy atom. The molecule has 0 unspecified atom stereocenters. The topological polar surface area (TPSA) is 57.6 Å². The van der Waals surface area contributed by atoms with E-state index >= 15 is 0 Å². The van der Waals surface area contributed by atoms with Crippen LogP contribution in [0.1, 0.15) is 5.56 Å². The van der Waals surface area contributed by atoms with Crippen molar-refractivity contribution in [1.82, 2.24) is 0 Å². The van der Waals surface area contributed by atoms with Gasteiger partial charge in [-0.25, -0.2) is 0 Å². The van der Waals surface area contributed by atoms with Gasteiger partial charge in [0.05, 0.1) is 16.3 Å². The summed E-state index contributed by atoms with van der Waals surface area (Å²) in [6.45, 7) is 2.02. The monoisotopic (exact) mass is 307 g/mol. The second-order valence-corrected chi connectivity index (χ2v) is 7.24. The minimum absolute atomic E-state index is 0.0757. The molecule has 0 fully saturated rings. The predicted octanol–water partition coefficient (Wildman–Crippen LogP) is 3.47. The molecular weight excluding hydrogens is 294 g/mol. The average Bonchev–Trinajstić information content (AvgIpc) is 2.37. The molecule has 0 saturated carbocycles. The molecule has 0 atom stereocenters. The predicted molar refractivity (Wildman–Crippen MR) is 79.6 cm³/mol. The van der Waals surface area contributed by atoms with Crippen LogP contribution < -0.4 is 4.90 Å². The molecule has 1 aliphatic heterocycles. The molecule has 1 aliphatic rings. The Morgan fingerprint density at radius 3 is 2.30 bits per heavy atom. The van der Waals surface area contributed by atoms with Crippen molar-refractivity contribution in [2.75, 3.05) is 11.9 Å². The highest BCUT2D eigenvalue weighted by molar-refractivity contribution is 7.99. The number of rotatable bonds is 1. The van der Waals surface area contributed by atoms with E-state index in [-0.39, 0.29) is 4.90 Å². The minimum atomic E-state index is -4.17. The van der Waals surface area contributed by atoms with Crippen LogP contribution in [0.25, 0.3) is 0 Å². The number of hydrogen-bond acceptors (Lipinski definition) is 4. The van der Waals surface area contributed by atoms with Gasteiger partial charge < -0.3 is 4.90 Å². The molecule has 20 heavy (non-hydrogen) atoms. The minimum Gasteiger partial charge on any atom is -0.343 e. The molecule has 0 saturated heterocycles. The van der Waals surface area contributed by atoms with Crippen LogP contribution in [-0.4, -0.2) is 20.0 Å². The summed E-state index contributed by atoms with van der Waals surface area (Å²) in [6.07, 6.45) is 0. The molecule has 0 radical (unpaired) electrons. The maximum Gasteiger partial charge on any atom is 0.294 e. The lowest BCUT2D eigenvalue weighted by Crippen LogP contribution is -2.15. The molecule has 4 nitrogen and oxygen atoms in total. The summed E-state index contributed by atoms with van der Waals surface area (Å²) in [4.78, 5) is 3.84. The van der Waals surface area contributed by atoms with Crippen LogP contribution in [0.3, 0.4) is 0 Å². The summed E-state index contributed by atoms with van der Waals surface area (Å²) in [7, 11) is -2.23. The van der Waals surface area contributed by atoms with E-state index in [0.29, 0.717) is 0 Å². The van der Waals surface area contributed by atoms with Gasteiger partial charge in [-0.15, -0.1) is 0 Å². The third-order valence-electron chi connectivity index (χ3n) is 3.29. The van der Waals surface area contributed by atoms with Crippen molar-refractivity contribution in [1.29, 1.82) is 0 Å². The Bertz CT molecular complexity index is 800. The summed E-state index contributed by atoms with van der Waals surface area (Å²) < 4.78 is 31.6. The van der Waals surface area contributed by atoms with Crippen LogP contribution in [0.5, 0.6) is 0 Å². The maximum absolute atomic E-state index is 11.2. The highest BCUT2D eigenvalue weighted by Crippen LogP contribution is 2.48. The summed E-state index contributed by atoms with van der Waals surface area (Å²) in [5.41, 5.74) is 3.17.